The van der Waals surface area contributed by atoms with Crippen molar-refractivity contribution < 1.29 is 4.74 Å². The van der Waals surface area contributed by atoms with Crippen molar-refractivity contribution in [2.45, 2.75) is 33.2 Å². The Morgan fingerprint density at radius 1 is 1.64 bits per heavy atom. The van der Waals surface area contributed by atoms with Gasteiger partial charge in [-0.1, -0.05) is 13.5 Å². The van der Waals surface area contributed by atoms with Crippen molar-refractivity contribution in [3.63, 3.8) is 0 Å². The molecule has 0 atom stereocenters. The largest absolute Gasteiger partial charge is 0.486 e. The van der Waals surface area contributed by atoms with E-state index in [0.717, 1.165) is 17.7 Å². The molecular weight excluding hydrogens is 176 g/mol. The van der Waals surface area contributed by atoms with Crippen LogP contribution in [0.1, 0.15) is 33.2 Å². The van der Waals surface area contributed by atoms with E-state index in [1.165, 1.54) is 0 Å². The van der Waals surface area contributed by atoms with Gasteiger partial charge in [0.1, 0.15) is 6.61 Å². The molecule has 3 heteroatoms. The Labute approximate surface area is 85.4 Å². The highest BCUT2D eigenvalue weighted by Crippen LogP contribution is 2.13. The lowest BCUT2D eigenvalue weighted by atomic mass is 10.2. The number of ether oxygens (including phenoxy) is 1. The van der Waals surface area contributed by atoms with E-state index < -0.39 is 0 Å². The van der Waals surface area contributed by atoms with Gasteiger partial charge >= 0.3 is 0 Å². The zero-order chi connectivity index (χ0) is 10.6. The maximum atomic E-state index is 5.51. The molecule has 0 unspecified atom stereocenters. The summed E-state index contributed by atoms with van der Waals surface area (Å²) in [5.74, 6) is 0.813. The van der Waals surface area contributed by atoms with Crippen LogP contribution in [0.15, 0.2) is 24.5 Å². The highest BCUT2D eigenvalue weighted by molar-refractivity contribution is 5.13. The summed E-state index contributed by atoms with van der Waals surface area (Å²) in [6.45, 7) is 10.7. The van der Waals surface area contributed by atoms with Crippen LogP contribution in [-0.2, 0) is 0 Å². The molecule has 0 radical (unpaired) electrons. The summed E-state index contributed by atoms with van der Waals surface area (Å²) in [5.41, 5.74) is 1.10. The van der Waals surface area contributed by atoms with E-state index in [1.54, 1.807) is 6.20 Å². The summed E-state index contributed by atoms with van der Waals surface area (Å²) >= 11 is 0. The topological polar surface area (TPSA) is 27.1 Å². The normalized spacial score (nSPS) is 10.6. The van der Waals surface area contributed by atoms with Crippen molar-refractivity contribution in [3.8, 4) is 5.75 Å². The standard InChI is InChI=1S/C11H18N2O/c1-5-10(4)8-14-11-6-12-13(7-11)9(2)3/h6-7,9H,4-5,8H2,1-3H3. The molecule has 1 rings (SSSR count). The molecule has 0 saturated heterocycles. The van der Waals surface area contributed by atoms with E-state index >= 15 is 0 Å². The molecule has 0 bridgehead atoms. The first-order valence-electron chi connectivity index (χ1n) is 4.97. The van der Waals surface area contributed by atoms with Gasteiger partial charge in [0.05, 0.1) is 12.4 Å². The van der Waals surface area contributed by atoms with E-state index in [-0.39, 0.29) is 0 Å². The summed E-state index contributed by atoms with van der Waals surface area (Å²) in [6.07, 6.45) is 4.61. The van der Waals surface area contributed by atoms with Crippen molar-refractivity contribution in [3.05, 3.63) is 24.5 Å². The Hall–Kier alpha value is -1.25. The Kier molecular flexibility index (Phi) is 3.74. The summed E-state index contributed by atoms with van der Waals surface area (Å²) in [7, 11) is 0. The van der Waals surface area contributed by atoms with Crippen molar-refractivity contribution >= 4 is 0 Å². The SMILES string of the molecule is C=C(CC)COc1cnn(C(C)C)c1. The third-order valence-corrected chi connectivity index (χ3v) is 2.05. The van der Waals surface area contributed by atoms with Crippen LogP contribution in [-0.4, -0.2) is 16.4 Å². The Morgan fingerprint density at radius 2 is 2.36 bits per heavy atom. The molecule has 0 fully saturated rings. The van der Waals surface area contributed by atoms with Crippen LogP contribution in [0.5, 0.6) is 5.75 Å². The molecule has 1 aromatic heterocycles. The first-order chi connectivity index (χ1) is 6.63. The minimum atomic E-state index is 0.377. The first-order valence-corrected chi connectivity index (χ1v) is 4.97. The molecule has 0 amide bonds. The molecule has 0 aliphatic carbocycles. The molecule has 3 nitrogen and oxygen atoms in total. The third kappa shape index (κ3) is 2.91. The van der Waals surface area contributed by atoms with Gasteiger partial charge in [0.25, 0.3) is 0 Å². The third-order valence-electron chi connectivity index (χ3n) is 2.05. The number of rotatable bonds is 5. The van der Waals surface area contributed by atoms with Gasteiger partial charge in [-0.05, 0) is 25.8 Å². The molecule has 1 heterocycles. The molecule has 1 aromatic rings. The predicted octanol–water partition coefficient (Wildman–Crippen LogP) is 2.81. The van der Waals surface area contributed by atoms with Crippen LogP contribution in [0.3, 0.4) is 0 Å². The van der Waals surface area contributed by atoms with Crippen LogP contribution in [0.2, 0.25) is 0 Å². The second kappa shape index (κ2) is 4.84. The van der Waals surface area contributed by atoms with Gasteiger partial charge in [-0.3, -0.25) is 4.68 Å². The molecule has 0 aliphatic rings. The van der Waals surface area contributed by atoms with Gasteiger partial charge in [-0.2, -0.15) is 5.10 Å². The Balaban J connectivity index is 2.48. The number of aromatic nitrogens is 2. The summed E-state index contributed by atoms with van der Waals surface area (Å²) in [4.78, 5) is 0. The van der Waals surface area contributed by atoms with Gasteiger partial charge in [-0.25, -0.2) is 0 Å². The van der Waals surface area contributed by atoms with Crippen LogP contribution in [0, 0.1) is 0 Å². The van der Waals surface area contributed by atoms with Crippen LogP contribution >= 0.6 is 0 Å². The number of nitrogens with zero attached hydrogens (tertiary/aromatic N) is 2. The maximum absolute atomic E-state index is 5.51. The quantitative estimate of drug-likeness (QED) is 0.674. The summed E-state index contributed by atoms with van der Waals surface area (Å²) < 4.78 is 7.39. The summed E-state index contributed by atoms with van der Waals surface area (Å²) in [5, 5.41) is 4.18. The minimum absolute atomic E-state index is 0.377. The average molecular weight is 194 g/mol. The zero-order valence-corrected chi connectivity index (χ0v) is 9.16. The van der Waals surface area contributed by atoms with E-state index in [2.05, 4.69) is 32.4 Å². The van der Waals surface area contributed by atoms with Crippen LogP contribution in [0.25, 0.3) is 0 Å². The minimum Gasteiger partial charge on any atom is -0.486 e. The Morgan fingerprint density at radius 3 is 2.86 bits per heavy atom. The Bertz CT molecular complexity index is 302. The molecule has 0 N–H and O–H groups in total. The molecule has 0 spiro atoms. The second-order valence-electron chi connectivity index (χ2n) is 3.64. The first kappa shape index (κ1) is 10.8. The lowest BCUT2D eigenvalue weighted by molar-refractivity contribution is 0.348. The predicted molar refractivity (Wildman–Crippen MR) is 57.5 cm³/mol. The average Bonchev–Trinajstić information content (AvgIpc) is 2.62. The molecule has 0 saturated carbocycles. The van der Waals surface area contributed by atoms with E-state index in [4.69, 9.17) is 4.74 Å². The number of hydrogen-bond donors (Lipinski definition) is 0. The highest BCUT2D eigenvalue weighted by Gasteiger charge is 2.02. The monoisotopic (exact) mass is 194 g/mol. The van der Waals surface area contributed by atoms with Gasteiger partial charge in [0.15, 0.2) is 5.75 Å². The fraction of sp³-hybridized carbons (Fsp3) is 0.545. The van der Waals surface area contributed by atoms with Gasteiger partial charge in [0, 0.05) is 6.04 Å². The smallest absolute Gasteiger partial charge is 0.157 e. The van der Waals surface area contributed by atoms with Crippen molar-refractivity contribution in [1.29, 1.82) is 0 Å². The van der Waals surface area contributed by atoms with Gasteiger partial charge in [0.2, 0.25) is 0 Å². The zero-order valence-electron chi connectivity index (χ0n) is 9.16. The summed E-state index contributed by atoms with van der Waals surface area (Å²) in [6, 6.07) is 0.377. The van der Waals surface area contributed by atoms with Crippen LogP contribution in [0.4, 0.5) is 0 Å². The van der Waals surface area contributed by atoms with Crippen molar-refractivity contribution in [2.24, 2.45) is 0 Å². The maximum Gasteiger partial charge on any atom is 0.157 e. The van der Waals surface area contributed by atoms with E-state index in [9.17, 15) is 0 Å². The van der Waals surface area contributed by atoms with Crippen LogP contribution < -0.4 is 4.74 Å². The second-order valence-corrected chi connectivity index (χ2v) is 3.64. The fourth-order valence-electron chi connectivity index (χ4n) is 0.965. The van der Waals surface area contributed by atoms with Gasteiger partial charge < -0.3 is 4.74 Å². The molecule has 78 valence electrons. The van der Waals surface area contributed by atoms with E-state index in [1.807, 2.05) is 10.9 Å². The molecule has 0 aromatic carbocycles. The van der Waals surface area contributed by atoms with Crippen molar-refractivity contribution in [2.75, 3.05) is 6.61 Å². The molecular formula is C11H18N2O. The fourth-order valence-corrected chi connectivity index (χ4v) is 0.965. The lowest BCUT2D eigenvalue weighted by Gasteiger charge is -2.05. The number of hydrogen-bond acceptors (Lipinski definition) is 2. The van der Waals surface area contributed by atoms with Crippen molar-refractivity contribution in [1.82, 2.24) is 9.78 Å². The molecule has 14 heavy (non-hydrogen) atoms. The highest BCUT2D eigenvalue weighted by atomic mass is 16.5. The molecule has 0 aliphatic heterocycles. The van der Waals surface area contributed by atoms with E-state index in [0.29, 0.717) is 12.6 Å². The van der Waals surface area contributed by atoms with Gasteiger partial charge in [-0.15, -0.1) is 0 Å². The lowest BCUT2D eigenvalue weighted by Crippen LogP contribution is -2.01.